The molecule has 3 rings (SSSR count). The molecule has 1 N–H and O–H groups in total. The fourth-order valence-electron chi connectivity index (χ4n) is 2.55. The summed E-state index contributed by atoms with van der Waals surface area (Å²) in [6.45, 7) is 2.98. The molecule has 0 amide bonds. The van der Waals surface area contributed by atoms with Crippen LogP contribution in [0.5, 0.6) is 5.75 Å². The summed E-state index contributed by atoms with van der Waals surface area (Å²) in [6, 6.07) is 7.23. The van der Waals surface area contributed by atoms with Gasteiger partial charge in [-0.1, -0.05) is 17.3 Å². The molecule has 0 saturated carbocycles. The van der Waals surface area contributed by atoms with Crippen molar-refractivity contribution in [3.05, 3.63) is 41.5 Å². The Balaban J connectivity index is 1.72. The van der Waals surface area contributed by atoms with E-state index in [9.17, 15) is 5.11 Å². The van der Waals surface area contributed by atoms with Gasteiger partial charge in [-0.3, -0.25) is 4.90 Å². The molecule has 6 heteroatoms. The summed E-state index contributed by atoms with van der Waals surface area (Å²) in [5.41, 5.74) is 1.04. The van der Waals surface area contributed by atoms with Gasteiger partial charge in [0.25, 0.3) is 0 Å². The minimum atomic E-state index is 0.182. The molecule has 2 heterocycles. The summed E-state index contributed by atoms with van der Waals surface area (Å²) in [6.07, 6.45) is 0.583. The second-order valence-electron chi connectivity index (χ2n) is 5.65. The number of phenolic OH excluding ortho intramolecular Hbond substituents is 1. The van der Waals surface area contributed by atoms with Gasteiger partial charge < -0.3 is 14.5 Å². The molecule has 21 heavy (non-hydrogen) atoms. The SMILES string of the molecule is CN1CCN(C)C(c2noc(Cc3ccc(O)cc3)n2)C1. The Kier molecular flexibility index (Phi) is 3.90. The van der Waals surface area contributed by atoms with Crippen molar-refractivity contribution in [1.82, 2.24) is 19.9 Å². The highest BCUT2D eigenvalue weighted by atomic mass is 16.5. The largest absolute Gasteiger partial charge is 0.508 e. The average Bonchev–Trinajstić information content (AvgIpc) is 2.92. The van der Waals surface area contributed by atoms with Crippen molar-refractivity contribution >= 4 is 0 Å². The molecule has 1 fully saturated rings. The second-order valence-corrected chi connectivity index (χ2v) is 5.65. The van der Waals surface area contributed by atoms with Gasteiger partial charge in [0.1, 0.15) is 5.75 Å². The number of aromatic hydroxyl groups is 1. The fourth-order valence-corrected chi connectivity index (χ4v) is 2.55. The number of benzene rings is 1. The zero-order valence-corrected chi connectivity index (χ0v) is 12.4. The molecule has 2 aromatic rings. The van der Waals surface area contributed by atoms with E-state index < -0.39 is 0 Å². The van der Waals surface area contributed by atoms with Crippen molar-refractivity contribution in [2.75, 3.05) is 33.7 Å². The fraction of sp³-hybridized carbons (Fsp3) is 0.467. The summed E-state index contributed by atoms with van der Waals surface area (Å²) in [7, 11) is 4.20. The summed E-state index contributed by atoms with van der Waals surface area (Å²) >= 11 is 0. The third kappa shape index (κ3) is 3.22. The van der Waals surface area contributed by atoms with Gasteiger partial charge in [-0.25, -0.2) is 0 Å². The third-order valence-electron chi connectivity index (χ3n) is 3.92. The molecule has 0 bridgehead atoms. The van der Waals surface area contributed by atoms with Crippen LogP contribution >= 0.6 is 0 Å². The Hall–Kier alpha value is -1.92. The minimum Gasteiger partial charge on any atom is -0.508 e. The number of rotatable bonds is 3. The van der Waals surface area contributed by atoms with Crippen molar-refractivity contribution in [1.29, 1.82) is 0 Å². The van der Waals surface area contributed by atoms with E-state index in [0.717, 1.165) is 31.0 Å². The van der Waals surface area contributed by atoms with Gasteiger partial charge in [0.2, 0.25) is 5.89 Å². The molecule has 0 aliphatic carbocycles. The number of hydrogen-bond acceptors (Lipinski definition) is 6. The van der Waals surface area contributed by atoms with Crippen LogP contribution in [0.15, 0.2) is 28.8 Å². The van der Waals surface area contributed by atoms with Crippen molar-refractivity contribution in [2.45, 2.75) is 12.5 Å². The number of likely N-dealkylation sites (N-methyl/N-ethyl adjacent to an activating group) is 2. The number of piperazine rings is 1. The van der Waals surface area contributed by atoms with E-state index in [2.05, 4.69) is 34.0 Å². The standard InChI is InChI=1S/C15H20N4O2/c1-18-7-8-19(2)13(10-18)15-16-14(21-17-15)9-11-3-5-12(20)6-4-11/h3-6,13,20H,7-10H2,1-2H3. The van der Waals surface area contributed by atoms with Gasteiger partial charge in [-0.2, -0.15) is 4.98 Å². The van der Waals surface area contributed by atoms with Gasteiger partial charge in [-0.05, 0) is 31.8 Å². The van der Waals surface area contributed by atoms with Gasteiger partial charge in [0, 0.05) is 19.6 Å². The lowest BCUT2D eigenvalue weighted by Gasteiger charge is -2.35. The lowest BCUT2D eigenvalue weighted by Crippen LogP contribution is -2.45. The average molecular weight is 288 g/mol. The maximum Gasteiger partial charge on any atom is 0.231 e. The lowest BCUT2D eigenvalue weighted by atomic mass is 10.1. The molecule has 6 nitrogen and oxygen atoms in total. The van der Waals surface area contributed by atoms with E-state index >= 15 is 0 Å². The summed E-state index contributed by atoms with van der Waals surface area (Å²) in [5, 5.41) is 13.4. The van der Waals surface area contributed by atoms with Crippen LogP contribution < -0.4 is 0 Å². The molecule has 0 spiro atoms. The third-order valence-corrected chi connectivity index (χ3v) is 3.92. The molecule has 1 aromatic carbocycles. The van der Waals surface area contributed by atoms with Crippen molar-refractivity contribution in [3.8, 4) is 5.75 Å². The van der Waals surface area contributed by atoms with Crippen LogP contribution in [0.2, 0.25) is 0 Å². The van der Waals surface area contributed by atoms with Crippen molar-refractivity contribution < 1.29 is 9.63 Å². The normalized spacial score (nSPS) is 20.8. The van der Waals surface area contributed by atoms with Crippen LogP contribution in [0.1, 0.15) is 23.3 Å². The lowest BCUT2D eigenvalue weighted by molar-refractivity contribution is 0.108. The highest BCUT2D eigenvalue weighted by Crippen LogP contribution is 2.21. The first-order valence-electron chi connectivity index (χ1n) is 7.11. The van der Waals surface area contributed by atoms with Crippen LogP contribution in [-0.2, 0) is 6.42 Å². The summed E-state index contributed by atoms with van der Waals surface area (Å²) < 4.78 is 5.37. The van der Waals surface area contributed by atoms with Crippen LogP contribution in [-0.4, -0.2) is 58.8 Å². The van der Waals surface area contributed by atoms with Gasteiger partial charge in [-0.15, -0.1) is 0 Å². The van der Waals surface area contributed by atoms with E-state index in [1.165, 1.54) is 0 Å². The Labute approximate surface area is 124 Å². The molecule has 1 unspecified atom stereocenters. The number of phenols is 1. The maximum atomic E-state index is 9.29. The van der Waals surface area contributed by atoms with Crippen LogP contribution in [0.3, 0.4) is 0 Å². The first kappa shape index (κ1) is 14.0. The Bertz CT molecular complexity index is 596. The van der Waals surface area contributed by atoms with Gasteiger partial charge >= 0.3 is 0 Å². The second kappa shape index (κ2) is 5.83. The van der Waals surface area contributed by atoms with Gasteiger partial charge in [0.05, 0.1) is 12.5 Å². The highest BCUT2D eigenvalue weighted by molar-refractivity contribution is 5.27. The van der Waals surface area contributed by atoms with E-state index in [0.29, 0.717) is 12.3 Å². The monoisotopic (exact) mass is 288 g/mol. The summed E-state index contributed by atoms with van der Waals surface area (Å²) in [4.78, 5) is 9.07. The predicted molar refractivity (Wildman–Crippen MR) is 78.1 cm³/mol. The topological polar surface area (TPSA) is 65.6 Å². The van der Waals surface area contributed by atoms with Crippen LogP contribution in [0.4, 0.5) is 0 Å². The summed E-state index contributed by atoms with van der Waals surface area (Å²) in [5.74, 6) is 1.62. The van der Waals surface area contributed by atoms with E-state index in [1.807, 2.05) is 12.1 Å². The predicted octanol–water partition coefficient (Wildman–Crippen LogP) is 1.28. The minimum absolute atomic E-state index is 0.182. The first-order valence-corrected chi connectivity index (χ1v) is 7.11. The zero-order chi connectivity index (χ0) is 14.8. The van der Waals surface area contributed by atoms with Crippen LogP contribution in [0, 0.1) is 0 Å². The quantitative estimate of drug-likeness (QED) is 0.918. The number of aromatic nitrogens is 2. The molecule has 1 saturated heterocycles. The Morgan fingerprint density at radius 3 is 2.76 bits per heavy atom. The number of hydrogen-bond donors (Lipinski definition) is 1. The smallest absolute Gasteiger partial charge is 0.231 e. The highest BCUT2D eigenvalue weighted by Gasteiger charge is 2.27. The van der Waals surface area contributed by atoms with E-state index in [4.69, 9.17) is 4.52 Å². The molecular formula is C15H20N4O2. The molecule has 112 valence electrons. The van der Waals surface area contributed by atoms with Crippen molar-refractivity contribution in [3.63, 3.8) is 0 Å². The van der Waals surface area contributed by atoms with Crippen LogP contribution in [0.25, 0.3) is 0 Å². The first-order chi connectivity index (χ1) is 10.1. The molecule has 1 aromatic heterocycles. The van der Waals surface area contributed by atoms with Crippen molar-refractivity contribution in [2.24, 2.45) is 0 Å². The molecular weight excluding hydrogens is 268 g/mol. The molecule has 0 radical (unpaired) electrons. The molecule has 1 aliphatic heterocycles. The van der Waals surface area contributed by atoms with E-state index in [1.54, 1.807) is 12.1 Å². The molecule has 1 aliphatic rings. The van der Waals surface area contributed by atoms with Gasteiger partial charge in [0.15, 0.2) is 5.82 Å². The maximum absolute atomic E-state index is 9.29. The molecule has 1 atom stereocenters. The Morgan fingerprint density at radius 2 is 2.00 bits per heavy atom. The Morgan fingerprint density at radius 1 is 1.24 bits per heavy atom. The zero-order valence-electron chi connectivity index (χ0n) is 12.4. The van der Waals surface area contributed by atoms with E-state index in [-0.39, 0.29) is 11.8 Å². The number of nitrogens with zero attached hydrogens (tertiary/aromatic N) is 4.